The zero-order valence-electron chi connectivity index (χ0n) is 10.8. The lowest BCUT2D eigenvalue weighted by Crippen LogP contribution is -2.17. The third kappa shape index (κ3) is 6.42. The molecular weight excluding hydrogens is 299 g/mol. The van der Waals surface area contributed by atoms with Gasteiger partial charge >= 0.3 is 12.3 Å². The molecule has 0 saturated heterocycles. The Balaban J connectivity index is 2.60. The summed E-state index contributed by atoms with van der Waals surface area (Å²) in [5.41, 5.74) is -0.438. The Kier molecular flexibility index (Phi) is 5.51. The van der Waals surface area contributed by atoms with Crippen LogP contribution in [0.4, 0.5) is 22.0 Å². The van der Waals surface area contributed by atoms with Crippen molar-refractivity contribution in [3.63, 3.8) is 0 Å². The highest BCUT2D eigenvalue weighted by Gasteiger charge is 2.33. The van der Waals surface area contributed by atoms with Gasteiger partial charge in [0, 0.05) is 18.4 Å². The fraction of sp³-hybridized carbons (Fsp3) is 0.462. The fourth-order valence-corrected chi connectivity index (χ4v) is 1.67. The largest absolute Gasteiger partial charge is 0.573 e. The maximum Gasteiger partial charge on any atom is 0.573 e. The van der Waals surface area contributed by atoms with Gasteiger partial charge in [-0.2, -0.15) is 0 Å². The van der Waals surface area contributed by atoms with Crippen LogP contribution in [-0.4, -0.2) is 17.4 Å². The Morgan fingerprint density at radius 3 is 2.10 bits per heavy atom. The summed E-state index contributed by atoms with van der Waals surface area (Å²) >= 11 is 0. The minimum Gasteiger partial charge on any atom is -0.481 e. The summed E-state index contributed by atoms with van der Waals surface area (Å²) < 4.78 is 66.8. The van der Waals surface area contributed by atoms with E-state index in [1.165, 1.54) is 0 Å². The SMILES string of the molecule is O=C(O)CCCCC(F)(F)c1ccc(OC(F)(F)F)cc1. The first kappa shape index (κ1) is 17.2. The van der Waals surface area contributed by atoms with Crippen molar-refractivity contribution in [1.82, 2.24) is 0 Å². The molecule has 0 saturated carbocycles. The van der Waals surface area contributed by atoms with E-state index < -0.39 is 36.0 Å². The smallest absolute Gasteiger partial charge is 0.481 e. The van der Waals surface area contributed by atoms with E-state index in [0.29, 0.717) is 0 Å². The Bertz CT molecular complexity index is 468. The molecule has 0 bridgehead atoms. The first-order chi connectivity index (χ1) is 9.60. The van der Waals surface area contributed by atoms with Crippen LogP contribution >= 0.6 is 0 Å². The van der Waals surface area contributed by atoms with E-state index in [-0.39, 0.29) is 19.3 Å². The summed E-state index contributed by atoms with van der Waals surface area (Å²) in [6.45, 7) is 0. The second-order valence-corrected chi connectivity index (χ2v) is 4.38. The highest BCUT2D eigenvalue weighted by molar-refractivity contribution is 5.66. The second-order valence-electron chi connectivity index (χ2n) is 4.38. The zero-order valence-corrected chi connectivity index (χ0v) is 10.8. The Hall–Kier alpha value is -1.86. The van der Waals surface area contributed by atoms with Gasteiger partial charge < -0.3 is 9.84 Å². The van der Waals surface area contributed by atoms with Crippen LogP contribution in [0, 0.1) is 0 Å². The molecule has 0 unspecified atom stereocenters. The van der Waals surface area contributed by atoms with Gasteiger partial charge in [-0.15, -0.1) is 13.2 Å². The van der Waals surface area contributed by atoms with Gasteiger partial charge in [0.05, 0.1) is 0 Å². The van der Waals surface area contributed by atoms with Gasteiger partial charge in [0.25, 0.3) is 5.92 Å². The number of aliphatic carboxylic acids is 1. The lowest BCUT2D eigenvalue weighted by atomic mass is 10.0. The van der Waals surface area contributed by atoms with E-state index >= 15 is 0 Å². The van der Waals surface area contributed by atoms with Gasteiger partial charge in [-0.05, 0) is 37.1 Å². The van der Waals surface area contributed by atoms with Crippen molar-refractivity contribution in [3.8, 4) is 5.75 Å². The number of alkyl halides is 5. The van der Waals surface area contributed by atoms with E-state index in [0.717, 1.165) is 24.3 Å². The summed E-state index contributed by atoms with van der Waals surface area (Å²) in [6.07, 6.45) is -5.53. The summed E-state index contributed by atoms with van der Waals surface area (Å²) in [5.74, 6) is -4.87. The number of unbranched alkanes of at least 4 members (excludes halogenated alkanes) is 1. The molecule has 1 aromatic carbocycles. The quantitative estimate of drug-likeness (QED) is 0.602. The molecule has 0 radical (unpaired) electrons. The zero-order chi connectivity index (χ0) is 16.1. The minimum absolute atomic E-state index is 0.000102. The molecule has 0 atom stereocenters. The van der Waals surface area contributed by atoms with Crippen molar-refractivity contribution in [1.29, 1.82) is 0 Å². The number of carboxylic acids is 1. The molecule has 0 spiro atoms. The van der Waals surface area contributed by atoms with Crippen LogP contribution in [0.3, 0.4) is 0 Å². The Morgan fingerprint density at radius 2 is 1.62 bits per heavy atom. The molecule has 1 aromatic rings. The van der Waals surface area contributed by atoms with Crippen molar-refractivity contribution in [3.05, 3.63) is 29.8 Å². The van der Waals surface area contributed by atoms with Crippen LogP contribution < -0.4 is 4.74 Å². The molecule has 0 heterocycles. The number of hydrogen-bond donors (Lipinski definition) is 1. The van der Waals surface area contributed by atoms with E-state index in [9.17, 15) is 26.7 Å². The molecule has 0 aliphatic heterocycles. The van der Waals surface area contributed by atoms with Crippen molar-refractivity contribution < 1.29 is 36.6 Å². The van der Waals surface area contributed by atoms with E-state index in [4.69, 9.17) is 5.11 Å². The first-order valence-electron chi connectivity index (χ1n) is 6.06. The number of carboxylic acid groups (broad SMARTS) is 1. The van der Waals surface area contributed by atoms with E-state index in [2.05, 4.69) is 4.74 Å². The van der Waals surface area contributed by atoms with Crippen molar-refractivity contribution in [2.75, 3.05) is 0 Å². The molecular formula is C13H13F5O3. The van der Waals surface area contributed by atoms with Crippen molar-refractivity contribution in [2.24, 2.45) is 0 Å². The lowest BCUT2D eigenvalue weighted by molar-refractivity contribution is -0.274. The van der Waals surface area contributed by atoms with E-state index in [1.54, 1.807) is 0 Å². The number of carbonyl (C=O) groups is 1. The van der Waals surface area contributed by atoms with Gasteiger partial charge in [0.15, 0.2) is 0 Å². The number of halogens is 5. The highest BCUT2D eigenvalue weighted by Crippen LogP contribution is 2.35. The summed E-state index contributed by atoms with van der Waals surface area (Å²) in [4.78, 5) is 10.3. The molecule has 0 amide bonds. The van der Waals surface area contributed by atoms with Gasteiger partial charge in [0.2, 0.25) is 0 Å². The van der Waals surface area contributed by atoms with Gasteiger partial charge in [0.1, 0.15) is 5.75 Å². The van der Waals surface area contributed by atoms with Crippen LogP contribution in [0.25, 0.3) is 0 Å². The van der Waals surface area contributed by atoms with Crippen LogP contribution in [0.2, 0.25) is 0 Å². The first-order valence-corrected chi connectivity index (χ1v) is 6.06. The van der Waals surface area contributed by atoms with Gasteiger partial charge in [-0.1, -0.05) is 0 Å². The molecule has 1 rings (SSSR count). The molecule has 0 aliphatic carbocycles. The summed E-state index contributed by atoms with van der Waals surface area (Å²) in [5, 5.41) is 8.39. The molecule has 0 aliphatic rings. The molecule has 8 heteroatoms. The van der Waals surface area contributed by atoms with Gasteiger partial charge in [-0.3, -0.25) is 4.79 Å². The molecule has 0 fully saturated rings. The molecule has 1 N–H and O–H groups in total. The van der Waals surface area contributed by atoms with E-state index in [1.807, 2.05) is 0 Å². The van der Waals surface area contributed by atoms with Crippen LogP contribution in [0.5, 0.6) is 5.75 Å². The predicted octanol–water partition coefficient (Wildman–Crippen LogP) is 4.32. The summed E-state index contributed by atoms with van der Waals surface area (Å²) in [7, 11) is 0. The lowest BCUT2D eigenvalue weighted by Gasteiger charge is -2.17. The number of hydrogen-bond acceptors (Lipinski definition) is 2. The van der Waals surface area contributed by atoms with Gasteiger partial charge in [-0.25, -0.2) is 8.78 Å². The number of rotatable bonds is 7. The molecule has 0 aromatic heterocycles. The third-order valence-corrected chi connectivity index (χ3v) is 2.64. The topological polar surface area (TPSA) is 46.5 Å². The summed E-state index contributed by atoms with van der Waals surface area (Å²) in [6, 6.07) is 3.35. The predicted molar refractivity (Wildman–Crippen MR) is 63.1 cm³/mol. The van der Waals surface area contributed by atoms with Crippen LogP contribution in [0.15, 0.2) is 24.3 Å². The second kappa shape index (κ2) is 6.73. The van der Waals surface area contributed by atoms with Crippen LogP contribution in [-0.2, 0) is 10.7 Å². The minimum atomic E-state index is -4.87. The average Bonchev–Trinajstić information content (AvgIpc) is 2.33. The Morgan fingerprint density at radius 1 is 1.05 bits per heavy atom. The molecule has 3 nitrogen and oxygen atoms in total. The van der Waals surface area contributed by atoms with Crippen molar-refractivity contribution >= 4 is 5.97 Å². The molecule has 118 valence electrons. The fourth-order valence-electron chi connectivity index (χ4n) is 1.67. The van der Waals surface area contributed by atoms with Crippen molar-refractivity contribution in [2.45, 2.75) is 38.0 Å². The number of ether oxygens (including phenoxy) is 1. The monoisotopic (exact) mass is 312 g/mol. The maximum absolute atomic E-state index is 13.7. The Labute approximate surface area is 117 Å². The third-order valence-electron chi connectivity index (χ3n) is 2.64. The standard InChI is InChI=1S/C13H13F5O3/c14-12(15,8-2-1-3-11(19)20)9-4-6-10(7-5-9)21-13(16,17)18/h4-7H,1-3,8H2,(H,19,20). The van der Waals surface area contributed by atoms with Crippen LogP contribution in [0.1, 0.15) is 31.2 Å². The number of benzene rings is 1. The maximum atomic E-state index is 13.7. The molecule has 21 heavy (non-hydrogen) atoms. The average molecular weight is 312 g/mol. The normalized spacial score (nSPS) is 12.2. The highest BCUT2D eigenvalue weighted by atomic mass is 19.4.